The molecule has 16 heavy (non-hydrogen) atoms. The number of pyridine rings is 1. The number of halogens is 1. The monoisotopic (exact) mass is 298 g/mol. The molecular weight excluding hydrogens is 292 g/mol. The average Bonchev–Trinajstić information content (AvgIpc) is 2.78. The Hall–Kier alpha value is -1.27. The van der Waals surface area contributed by atoms with E-state index in [1.807, 2.05) is 12.1 Å². The number of nitrogens with zero attached hydrogens (tertiary/aromatic N) is 2. The smallest absolute Gasteiger partial charge is 0.349 e. The van der Waals surface area contributed by atoms with Crippen molar-refractivity contribution in [1.29, 1.82) is 0 Å². The second-order valence-electron chi connectivity index (χ2n) is 2.88. The van der Waals surface area contributed by atoms with Crippen LogP contribution in [0.15, 0.2) is 29.0 Å². The first-order chi connectivity index (χ1) is 7.70. The van der Waals surface area contributed by atoms with Gasteiger partial charge in [-0.15, -0.1) is 11.3 Å². The molecule has 0 aliphatic carbocycles. The van der Waals surface area contributed by atoms with Crippen molar-refractivity contribution in [2.24, 2.45) is 0 Å². The van der Waals surface area contributed by atoms with Crippen LogP contribution in [0, 0.1) is 0 Å². The van der Waals surface area contributed by atoms with Gasteiger partial charge in [-0.05, 0) is 28.1 Å². The van der Waals surface area contributed by atoms with E-state index in [4.69, 9.17) is 0 Å². The number of methoxy groups -OCH3 is 1. The van der Waals surface area contributed by atoms with Crippen molar-refractivity contribution >= 4 is 33.2 Å². The van der Waals surface area contributed by atoms with Gasteiger partial charge in [-0.1, -0.05) is 0 Å². The van der Waals surface area contributed by atoms with Crippen molar-refractivity contribution < 1.29 is 9.53 Å². The van der Waals surface area contributed by atoms with Crippen molar-refractivity contribution in [3.8, 4) is 10.7 Å². The lowest BCUT2D eigenvalue weighted by atomic mass is 10.4. The Kier molecular flexibility index (Phi) is 3.31. The molecule has 0 aliphatic heterocycles. The van der Waals surface area contributed by atoms with Crippen molar-refractivity contribution in [3.05, 3.63) is 33.9 Å². The lowest BCUT2D eigenvalue weighted by Gasteiger charge is -1.94. The van der Waals surface area contributed by atoms with E-state index in [0.717, 1.165) is 10.2 Å². The third kappa shape index (κ3) is 2.28. The Morgan fingerprint density at radius 1 is 1.38 bits per heavy atom. The second-order valence-corrected chi connectivity index (χ2v) is 4.83. The maximum absolute atomic E-state index is 11.2. The molecule has 2 heterocycles. The van der Waals surface area contributed by atoms with Crippen LogP contribution >= 0.6 is 27.3 Å². The molecule has 2 aromatic rings. The first kappa shape index (κ1) is 11.2. The molecule has 0 atom stereocenters. The highest BCUT2D eigenvalue weighted by Gasteiger charge is 2.12. The van der Waals surface area contributed by atoms with Gasteiger partial charge in [0.15, 0.2) is 0 Å². The van der Waals surface area contributed by atoms with Crippen LogP contribution in [0.5, 0.6) is 0 Å². The predicted molar refractivity (Wildman–Crippen MR) is 64.4 cm³/mol. The van der Waals surface area contributed by atoms with E-state index in [2.05, 4.69) is 30.6 Å². The van der Waals surface area contributed by atoms with Gasteiger partial charge in [0.25, 0.3) is 0 Å². The van der Waals surface area contributed by atoms with Gasteiger partial charge in [0, 0.05) is 10.7 Å². The molecule has 0 unspecified atom stereocenters. The minimum Gasteiger partial charge on any atom is -0.465 e. The molecule has 0 saturated heterocycles. The Labute approximate surface area is 104 Å². The van der Waals surface area contributed by atoms with Gasteiger partial charge in [-0.3, -0.25) is 4.98 Å². The van der Waals surface area contributed by atoms with E-state index < -0.39 is 0 Å². The molecule has 0 radical (unpaired) electrons. The number of hydrogen-bond donors (Lipinski definition) is 0. The van der Waals surface area contributed by atoms with Gasteiger partial charge >= 0.3 is 5.97 Å². The largest absolute Gasteiger partial charge is 0.465 e. The highest BCUT2D eigenvalue weighted by Crippen LogP contribution is 2.24. The van der Waals surface area contributed by atoms with E-state index in [1.54, 1.807) is 6.20 Å². The molecule has 0 saturated carbocycles. The summed E-state index contributed by atoms with van der Waals surface area (Å²) in [5.74, 6) is -0.374. The molecule has 0 fully saturated rings. The highest BCUT2D eigenvalue weighted by atomic mass is 79.9. The fraction of sp³-hybridized carbons (Fsp3) is 0.100. The number of carbonyl (C=O) groups is 1. The number of carbonyl (C=O) groups excluding carboxylic acids is 1. The van der Waals surface area contributed by atoms with Gasteiger partial charge in [-0.25, -0.2) is 9.78 Å². The van der Waals surface area contributed by atoms with Crippen molar-refractivity contribution in [2.45, 2.75) is 0 Å². The fourth-order valence-corrected chi connectivity index (χ4v) is 2.14. The number of ether oxygens (including phenoxy) is 1. The SMILES string of the molecule is COC(=O)c1cnc(-c2ccc(Br)cn2)s1. The quantitative estimate of drug-likeness (QED) is 0.800. The minimum atomic E-state index is -0.374. The molecule has 0 amide bonds. The molecular formula is C10H7BrN2O2S. The number of thiazole rings is 1. The molecule has 0 bridgehead atoms. The van der Waals surface area contributed by atoms with Gasteiger partial charge in [0.05, 0.1) is 19.0 Å². The number of rotatable bonds is 2. The Morgan fingerprint density at radius 2 is 2.19 bits per heavy atom. The third-order valence-corrected chi connectivity index (χ3v) is 3.31. The first-order valence-corrected chi connectivity index (χ1v) is 5.97. The summed E-state index contributed by atoms with van der Waals surface area (Å²) in [5.41, 5.74) is 0.739. The first-order valence-electron chi connectivity index (χ1n) is 4.37. The maximum Gasteiger partial charge on any atom is 0.349 e. The zero-order valence-corrected chi connectivity index (χ0v) is 10.7. The van der Waals surface area contributed by atoms with Crippen LogP contribution in [0.25, 0.3) is 10.7 Å². The van der Waals surface area contributed by atoms with E-state index in [1.165, 1.54) is 24.6 Å². The van der Waals surface area contributed by atoms with Crippen LogP contribution in [-0.2, 0) is 4.74 Å². The normalized spacial score (nSPS) is 10.1. The molecule has 2 aromatic heterocycles. The predicted octanol–water partition coefficient (Wildman–Crippen LogP) is 2.75. The summed E-state index contributed by atoms with van der Waals surface area (Å²) in [5, 5.41) is 0.702. The lowest BCUT2D eigenvalue weighted by Crippen LogP contribution is -1.96. The summed E-state index contributed by atoms with van der Waals surface area (Å²) in [4.78, 5) is 20.0. The number of esters is 1. The fourth-order valence-electron chi connectivity index (χ4n) is 1.09. The number of hydrogen-bond acceptors (Lipinski definition) is 5. The standard InChI is InChI=1S/C10H7BrN2O2S/c1-15-10(14)8-5-13-9(16-8)7-3-2-6(11)4-12-7/h2-5H,1H3. The van der Waals surface area contributed by atoms with Crippen LogP contribution in [0.1, 0.15) is 9.67 Å². The molecule has 0 spiro atoms. The van der Waals surface area contributed by atoms with E-state index in [9.17, 15) is 4.79 Å². The van der Waals surface area contributed by atoms with Crippen LogP contribution in [-0.4, -0.2) is 23.0 Å². The molecule has 0 aliphatic rings. The summed E-state index contributed by atoms with van der Waals surface area (Å²) in [6.45, 7) is 0. The van der Waals surface area contributed by atoms with Crippen LogP contribution in [0.3, 0.4) is 0 Å². The zero-order valence-electron chi connectivity index (χ0n) is 8.31. The van der Waals surface area contributed by atoms with Crippen LogP contribution in [0.4, 0.5) is 0 Å². The van der Waals surface area contributed by atoms with Crippen molar-refractivity contribution in [2.75, 3.05) is 7.11 Å². The van der Waals surface area contributed by atoms with Crippen molar-refractivity contribution in [1.82, 2.24) is 9.97 Å². The molecule has 0 aromatic carbocycles. The second kappa shape index (κ2) is 4.71. The number of aromatic nitrogens is 2. The summed E-state index contributed by atoms with van der Waals surface area (Å²) >= 11 is 4.57. The Bertz CT molecular complexity index is 510. The summed E-state index contributed by atoms with van der Waals surface area (Å²) in [7, 11) is 1.35. The summed E-state index contributed by atoms with van der Waals surface area (Å²) in [6.07, 6.45) is 3.18. The third-order valence-electron chi connectivity index (χ3n) is 1.84. The topological polar surface area (TPSA) is 52.1 Å². The lowest BCUT2D eigenvalue weighted by molar-refractivity contribution is 0.0606. The molecule has 4 nitrogen and oxygen atoms in total. The van der Waals surface area contributed by atoms with Gasteiger partial charge in [0.2, 0.25) is 0 Å². The molecule has 0 N–H and O–H groups in total. The minimum absolute atomic E-state index is 0.374. The van der Waals surface area contributed by atoms with E-state index in [-0.39, 0.29) is 5.97 Å². The van der Waals surface area contributed by atoms with Gasteiger partial charge in [-0.2, -0.15) is 0 Å². The van der Waals surface area contributed by atoms with Crippen molar-refractivity contribution in [3.63, 3.8) is 0 Å². The average molecular weight is 299 g/mol. The Balaban J connectivity index is 2.31. The molecule has 2 rings (SSSR count). The van der Waals surface area contributed by atoms with Crippen LogP contribution in [0.2, 0.25) is 0 Å². The van der Waals surface area contributed by atoms with E-state index in [0.29, 0.717) is 9.88 Å². The summed E-state index contributed by atoms with van der Waals surface area (Å²) in [6, 6.07) is 3.71. The zero-order chi connectivity index (χ0) is 11.5. The highest BCUT2D eigenvalue weighted by molar-refractivity contribution is 9.10. The Morgan fingerprint density at radius 3 is 2.81 bits per heavy atom. The van der Waals surface area contributed by atoms with Crippen LogP contribution < -0.4 is 0 Å². The molecule has 6 heteroatoms. The molecule has 82 valence electrons. The summed E-state index contributed by atoms with van der Waals surface area (Å²) < 4.78 is 5.51. The van der Waals surface area contributed by atoms with Gasteiger partial charge in [0.1, 0.15) is 9.88 Å². The van der Waals surface area contributed by atoms with E-state index >= 15 is 0 Å². The van der Waals surface area contributed by atoms with Gasteiger partial charge < -0.3 is 4.74 Å². The maximum atomic E-state index is 11.2.